The number of halogens is 1. The third-order valence-corrected chi connectivity index (χ3v) is 5.23. The Bertz CT molecular complexity index is 802. The second-order valence-corrected chi connectivity index (χ2v) is 7.05. The second-order valence-electron chi connectivity index (χ2n) is 7.05. The molecule has 3 aliphatic rings. The Kier molecular flexibility index (Phi) is 4.59. The van der Waals surface area contributed by atoms with E-state index in [1.165, 1.54) is 11.0 Å². The number of fused-ring (bicyclic) bond motifs is 1. The summed E-state index contributed by atoms with van der Waals surface area (Å²) in [7, 11) is 0. The first-order valence-corrected chi connectivity index (χ1v) is 9.36. The second kappa shape index (κ2) is 6.92. The van der Waals surface area contributed by atoms with Crippen LogP contribution in [0.3, 0.4) is 0 Å². The van der Waals surface area contributed by atoms with Crippen molar-refractivity contribution in [3.63, 3.8) is 0 Å². The molecular weight excluding hydrogens is 353 g/mol. The third kappa shape index (κ3) is 3.07. The van der Waals surface area contributed by atoms with Crippen molar-refractivity contribution in [3.05, 3.63) is 23.5 Å². The van der Waals surface area contributed by atoms with E-state index in [1.807, 2.05) is 4.90 Å². The van der Waals surface area contributed by atoms with E-state index in [0.717, 1.165) is 25.9 Å². The van der Waals surface area contributed by atoms with Gasteiger partial charge in [-0.05, 0) is 31.9 Å². The van der Waals surface area contributed by atoms with Crippen molar-refractivity contribution in [2.75, 3.05) is 42.6 Å². The van der Waals surface area contributed by atoms with Crippen LogP contribution in [0.5, 0.6) is 0 Å². The number of hydrogen-bond acceptors (Lipinski definition) is 6. The van der Waals surface area contributed by atoms with Gasteiger partial charge in [0.2, 0.25) is 5.91 Å². The summed E-state index contributed by atoms with van der Waals surface area (Å²) in [6.45, 7) is 4.46. The van der Waals surface area contributed by atoms with Crippen molar-refractivity contribution in [1.82, 2.24) is 5.32 Å². The highest BCUT2D eigenvalue weighted by Crippen LogP contribution is 2.42. The molecule has 8 heteroatoms. The summed E-state index contributed by atoms with van der Waals surface area (Å²) < 4.78 is 19.7. The van der Waals surface area contributed by atoms with Crippen molar-refractivity contribution < 1.29 is 23.5 Å². The Balaban J connectivity index is 1.78. The molecular formula is C19H22FN3O4. The third-order valence-electron chi connectivity index (χ3n) is 5.23. The first-order valence-electron chi connectivity index (χ1n) is 9.36. The van der Waals surface area contributed by atoms with E-state index in [0.29, 0.717) is 24.5 Å². The molecule has 1 aromatic rings. The van der Waals surface area contributed by atoms with Gasteiger partial charge in [-0.15, -0.1) is 0 Å². The predicted molar refractivity (Wildman–Crippen MR) is 96.4 cm³/mol. The predicted octanol–water partition coefficient (Wildman–Crippen LogP) is 1.11. The van der Waals surface area contributed by atoms with Crippen LogP contribution in [0.25, 0.3) is 0 Å². The molecule has 0 bridgehead atoms. The highest BCUT2D eigenvalue weighted by Gasteiger charge is 2.49. The zero-order valence-corrected chi connectivity index (χ0v) is 15.2. The average Bonchev–Trinajstić information content (AvgIpc) is 3.48. The number of ketones is 1. The highest BCUT2D eigenvalue weighted by atomic mass is 19.1. The minimum atomic E-state index is -1.54. The number of piperazine rings is 1. The van der Waals surface area contributed by atoms with E-state index in [1.54, 1.807) is 13.0 Å². The molecule has 2 heterocycles. The number of amides is 1. The van der Waals surface area contributed by atoms with Gasteiger partial charge in [0, 0.05) is 37.8 Å². The fraction of sp³-hybridized carbons (Fsp3) is 0.526. The van der Waals surface area contributed by atoms with Crippen LogP contribution < -0.4 is 15.1 Å². The van der Waals surface area contributed by atoms with Crippen molar-refractivity contribution in [3.8, 4) is 0 Å². The summed E-state index contributed by atoms with van der Waals surface area (Å²) in [5.41, 5.74) is 0.870. The number of nitrogens with zero attached hydrogens (tertiary/aromatic N) is 2. The molecule has 1 saturated carbocycles. The minimum absolute atomic E-state index is 0.0531. The summed E-state index contributed by atoms with van der Waals surface area (Å²) in [5.74, 6) is -4.17. The number of rotatable bonds is 4. The molecule has 0 aromatic heterocycles. The van der Waals surface area contributed by atoms with E-state index in [4.69, 9.17) is 4.74 Å². The normalized spacial score (nSPS) is 22.7. The van der Waals surface area contributed by atoms with Crippen molar-refractivity contribution in [2.24, 2.45) is 5.92 Å². The molecule has 27 heavy (non-hydrogen) atoms. The van der Waals surface area contributed by atoms with Gasteiger partial charge in [-0.3, -0.25) is 14.4 Å². The van der Waals surface area contributed by atoms with Crippen molar-refractivity contribution in [1.29, 1.82) is 0 Å². The van der Waals surface area contributed by atoms with E-state index in [9.17, 15) is 18.8 Å². The number of anilines is 2. The lowest BCUT2D eigenvalue weighted by Gasteiger charge is -2.35. The number of Topliss-reactive ketones (excluding diaryl/α,β-unsaturated/α-hetero) is 1. The number of esters is 1. The zero-order chi connectivity index (χ0) is 19.1. The van der Waals surface area contributed by atoms with Gasteiger partial charge in [-0.1, -0.05) is 0 Å². The Morgan fingerprint density at radius 3 is 2.56 bits per heavy atom. The van der Waals surface area contributed by atoms with Gasteiger partial charge in [-0.25, -0.2) is 4.39 Å². The van der Waals surface area contributed by atoms with Gasteiger partial charge < -0.3 is 19.9 Å². The largest absolute Gasteiger partial charge is 0.465 e. The van der Waals surface area contributed by atoms with Gasteiger partial charge in [0.25, 0.3) is 0 Å². The number of nitrogens with one attached hydrogen (secondary N) is 1. The number of hydrogen-bond donors (Lipinski definition) is 1. The SMILES string of the molecule is CCOC(=O)C1C(=O)c2cc(F)c(N3CCNCC3)cc2N(C2CC2)C1=O. The van der Waals surface area contributed by atoms with E-state index in [2.05, 4.69) is 5.32 Å². The Hall–Kier alpha value is -2.48. The van der Waals surface area contributed by atoms with Crippen molar-refractivity contribution in [2.45, 2.75) is 25.8 Å². The molecule has 1 aliphatic carbocycles. The maximum absolute atomic E-state index is 14.8. The minimum Gasteiger partial charge on any atom is -0.465 e. The van der Waals surface area contributed by atoms with Crippen LogP contribution >= 0.6 is 0 Å². The summed E-state index contributed by atoms with van der Waals surface area (Å²) in [6, 6.07) is 2.71. The lowest BCUT2D eigenvalue weighted by molar-refractivity contribution is -0.149. The fourth-order valence-corrected chi connectivity index (χ4v) is 3.76. The molecule has 7 nitrogen and oxygen atoms in total. The van der Waals surface area contributed by atoms with Gasteiger partial charge in [0.1, 0.15) is 5.82 Å². The van der Waals surface area contributed by atoms with Crippen LogP contribution in [0, 0.1) is 11.7 Å². The molecule has 1 saturated heterocycles. The first-order chi connectivity index (χ1) is 13.0. The zero-order valence-electron chi connectivity index (χ0n) is 15.2. The number of carbonyl (C=O) groups is 3. The maximum atomic E-state index is 14.8. The Labute approximate surface area is 156 Å². The summed E-state index contributed by atoms with van der Waals surface area (Å²) in [5, 5.41) is 3.21. The first kappa shape index (κ1) is 17.9. The Morgan fingerprint density at radius 2 is 1.93 bits per heavy atom. The van der Waals surface area contributed by atoms with Gasteiger partial charge in [0.05, 0.1) is 18.0 Å². The molecule has 2 fully saturated rings. The molecule has 4 rings (SSSR count). The van der Waals surface area contributed by atoms with Crippen LogP contribution in [0.15, 0.2) is 12.1 Å². The molecule has 144 valence electrons. The summed E-state index contributed by atoms with van der Waals surface area (Å²) >= 11 is 0. The van der Waals surface area contributed by atoms with Gasteiger partial charge >= 0.3 is 5.97 Å². The van der Waals surface area contributed by atoms with Gasteiger partial charge in [0.15, 0.2) is 11.7 Å². The lowest BCUT2D eigenvalue weighted by Crippen LogP contribution is -2.50. The lowest BCUT2D eigenvalue weighted by atomic mass is 9.89. The molecule has 2 aliphatic heterocycles. The van der Waals surface area contributed by atoms with Crippen LogP contribution in [0.1, 0.15) is 30.1 Å². The van der Waals surface area contributed by atoms with Crippen LogP contribution in [-0.4, -0.2) is 56.5 Å². The number of carbonyl (C=O) groups excluding carboxylic acids is 3. The monoisotopic (exact) mass is 375 g/mol. The smallest absolute Gasteiger partial charge is 0.326 e. The molecule has 0 radical (unpaired) electrons. The average molecular weight is 375 g/mol. The number of ether oxygens (including phenoxy) is 1. The van der Waals surface area contributed by atoms with E-state index < -0.39 is 29.4 Å². The summed E-state index contributed by atoms with van der Waals surface area (Å²) in [6.07, 6.45) is 1.60. The molecule has 1 atom stereocenters. The van der Waals surface area contributed by atoms with E-state index in [-0.39, 0.29) is 18.2 Å². The van der Waals surface area contributed by atoms with Crippen LogP contribution in [0.2, 0.25) is 0 Å². The number of benzene rings is 1. The quantitative estimate of drug-likeness (QED) is 0.627. The fourth-order valence-electron chi connectivity index (χ4n) is 3.76. The van der Waals surface area contributed by atoms with Gasteiger partial charge in [-0.2, -0.15) is 0 Å². The molecule has 1 amide bonds. The highest BCUT2D eigenvalue weighted by molar-refractivity contribution is 6.30. The van der Waals surface area contributed by atoms with Crippen molar-refractivity contribution >= 4 is 29.0 Å². The molecule has 0 spiro atoms. The standard InChI is InChI=1S/C19H22FN3O4/c1-2-27-19(26)16-17(24)12-9-13(20)15(22-7-5-21-6-8-22)10-14(12)23(18(16)25)11-3-4-11/h9-11,16,21H,2-8H2,1H3. The maximum Gasteiger partial charge on any atom is 0.326 e. The molecule has 1 unspecified atom stereocenters. The Morgan fingerprint density at radius 1 is 1.22 bits per heavy atom. The topological polar surface area (TPSA) is 79.0 Å². The molecule has 1 N–H and O–H groups in total. The van der Waals surface area contributed by atoms with Crippen LogP contribution in [0.4, 0.5) is 15.8 Å². The summed E-state index contributed by atoms with van der Waals surface area (Å²) in [4.78, 5) is 41.4. The van der Waals surface area contributed by atoms with Crippen LogP contribution in [-0.2, 0) is 14.3 Å². The van der Waals surface area contributed by atoms with E-state index >= 15 is 0 Å². The molecule has 1 aromatic carbocycles.